The van der Waals surface area contributed by atoms with E-state index < -0.39 is 17.7 Å². The summed E-state index contributed by atoms with van der Waals surface area (Å²) in [5, 5.41) is 13.2. The fraction of sp³-hybridized carbons (Fsp3) is 0.167. The van der Waals surface area contributed by atoms with Crippen molar-refractivity contribution in [2.45, 2.75) is 5.92 Å². The van der Waals surface area contributed by atoms with Gasteiger partial charge in [0.2, 0.25) is 0 Å². The van der Waals surface area contributed by atoms with Crippen molar-refractivity contribution in [2.75, 3.05) is 0 Å². The van der Waals surface area contributed by atoms with Gasteiger partial charge in [0.15, 0.2) is 0 Å². The summed E-state index contributed by atoms with van der Waals surface area (Å²) >= 11 is 0. The van der Waals surface area contributed by atoms with E-state index in [0.29, 0.717) is 11.3 Å². The quantitative estimate of drug-likeness (QED) is 0.880. The van der Waals surface area contributed by atoms with Gasteiger partial charge in [-0.3, -0.25) is 9.48 Å². The molecule has 2 aromatic rings. The summed E-state index contributed by atoms with van der Waals surface area (Å²) in [6.07, 6.45) is 1.52. The molecule has 1 N–H and O–H groups in total. The van der Waals surface area contributed by atoms with Gasteiger partial charge in [0.1, 0.15) is 11.7 Å². The van der Waals surface area contributed by atoms with Crippen molar-refractivity contribution in [3.8, 4) is 0 Å². The zero-order valence-electron chi connectivity index (χ0n) is 9.17. The second-order valence-electron chi connectivity index (χ2n) is 3.71. The number of carboxylic acids is 1. The van der Waals surface area contributed by atoms with Gasteiger partial charge in [-0.15, -0.1) is 0 Å². The number of benzene rings is 1. The minimum Gasteiger partial charge on any atom is -0.480 e. The predicted octanol–water partition coefficient (Wildman–Crippen LogP) is 1.78. The van der Waals surface area contributed by atoms with E-state index in [1.165, 1.54) is 29.1 Å². The van der Waals surface area contributed by atoms with E-state index in [1.54, 1.807) is 19.2 Å². The van der Waals surface area contributed by atoms with E-state index in [2.05, 4.69) is 5.10 Å². The molecule has 0 fully saturated rings. The van der Waals surface area contributed by atoms with Crippen LogP contribution in [-0.4, -0.2) is 20.9 Å². The maximum Gasteiger partial charge on any atom is 0.317 e. The predicted molar refractivity (Wildman–Crippen MR) is 59.1 cm³/mol. The zero-order chi connectivity index (χ0) is 12.4. The summed E-state index contributed by atoms with van der Waals surface area (Å²) in [6.45, 7) is 0. The number of aryl methyl sites for hydroxylation is 1. The second kappa shape index (κ2) is 4.37. The molecule has 1 unspecified atom stereocenters. The molecular weight excluding hydrogens is 223 g/mol. The van der Waals surface area contributed by atoms with Gasteiger partial charge in [0.25, 0.3) is 0 Å². The normalized spacial score (nSPS) is 12.4. The molecule has 0 amide bonds. The van der Waals surface area contributed by atoms with Gasteiger partial charge in [-0.2, -0.15) is 5.10 Å². The van der Waals surface area contributed by atoms with E-state index in [4.69, 9.17) is 0 Å². The Balaban J connectivity index is 2.50. The number of carboxylic acid groups (broad SMARTS) is 1. The number of hydrogen-bond donors (Lipinski definition) is 1. The highest BCUT2D eigenvalue weighted by atomic mass is 19.1. The highest BCUT2D eigenvalue weighted by molar-refractivity contribution is 5.79. The molecule has 2 rings (SSSR count). The maximum absolute atomic E-state index is 13.1. The third kappa shape index (κ3) is 2.18. The van der Waals surface area contributed by atoms with Crippen LogP contribution in [0.2, 0.25) is 0 Å². The van der Waals surface area contributed by atoms with Crippen molar-refractivity contribution in [2.24, 2.45) is 7.05 Å². The molecule has 0 aliphatic heterocycles. The Labute approximate surface area is 97.3 Å². The van der Waals surface area contributed by atoms with Gasteiger partial charge in [-0.25, -0.2) is 4.39 Å². The first-order valence-corrected chi connectivity index (χ1v) is 5.06. The highest BCUT2D eigenvalue weighted by Gasteiger charge is 2.25. The van der Waals surface area contributed by atoms with E-state index in [9.17, 15) is 14.3 Å². The van der Waals surface area contributed by atoms with Crippen molar-refractivity contribution in [3.63, 3.8) is 0 Å². The van der Waals surface area contributed by atoms with E-state index in [-0.39, 0.29) is 0 Å². The minimum atomic E-state index is -1.03. The Bertz CT molecular complexity index is 551. The fourth-order valence-corrected chi connectivity index (χ4v) is 1.79. The number of rotatable bonds is 3. The summed E-state index contributed by atoms with van der Waals surface area (Å²) in [5.74, 6) is -2.38. The first-order chi connectivity index (χ1) is 8.09. The van der Waals surface area contributed by atoms with Crippen LogP contribution in [0.3, 0.4) is 0 Å². The molecule has 4 nitrogen and oxygen atoms in total. The zero-order valence-corrected chi connectivity index (χ0v) is 9.17. The van der Waals surface area contributed by atoms with Gasteiger partial charge >= 0.3 is 5.97 Å². The Kier molecular flexibility index (Phi) is 2.91. The summed E-state index contributed by atoms with van der Waals surface area (Å²) in [7, 11) is 1.66. The summed E-state index contributed by atoms with van der Waals surface area (Å²) < 4.78 is 14.6. The molecule has 1 aromatic heterocycles. The molecule has 0 saturated carbocycles. The first-order valence-electron chi connectivity index (χ1n) is 5.06. The number of aliphatic carboxylic acids is 1. The van der Waals surface area contributed by atoms with Crippen LogP contribution in [0.15, 0.2) is 36.5 Å². The van der Waals surface area contributed by atoms with E-state index in [1.807, 2.05) is 0 Å². The average Bonchev–Trinajstić information content (AvgIpc) is 2.65. The third-order valence-corrected chi connectivity index (χ3v) is 2.58. The van der Waals surface area contributed by atoms with Crippen LogP contribution >= 0.6 is 0 Å². The molecular formula is C12H11FN2O2. The lowest BCUT2D eigenvalue weighted by molar-refractivity contribution is -0.137. The van der Waals surface area contributed by atoms with E-state index in [0.717, 1.165) is 0 Å². The van der Waals surface area contributed by atoms with Crippen molar-refractivity contribution < 1.29 is 14.3 Å². The van der Waals surface area contributed by atoms with Crippen LogP contribution in [0.5, 0.6) is 0 Å². The average molecular weight is 234 g/mol. The molecule has 0 spiro atoms. The number of halogens is 1. The molecule has 0 aliphatic carbocycles. The van der Waals surface area contributed by atoms with Gasteiger partial charge in [0, 0.05) is 13.2 Å². The topological polar surface area (TPSA) is 55.1 Å². The molecule has 1 atom stereocenters. The second-order valence-corrected chi connectivity index (χ2v) is 3.71. The lowest BCUT2D eigenvalue weighted by Crippen LogP contribution is -2.16. The standard InChI is InChI=1S/C12H11FN2O2/c1-15-10(5-6-14-15)11(12(16)17)8-3-2-4-9(13)7-8/h2-7,11H,1H3,(H,16,17). The Morgan fingerprint density at radius 1 is 1.47 bits per heavy atom. The highest BCUT2D eigenvalue weighted by Crippen LogP contribution is 2.24. The van der Waals surface area contributed by atoms with Gasteiger partial charge in [-0.1, -0.05) is 12.1 Å². The Morgan fingerprint density at radius 3 is 2.76 bits per heavy atom. The lowest BCUT2D eigenvalue weighted by Gasteiger charge is -2.13. The van der Waals surface area contributed by atoms with Crippen molar-refractivity contribution in [3.05, 3.63) is 53.6 Å². The molecule has 0 aliphatic rings. The summed E-state index contributed by atoms with van der Waals surface area (Å²) in [4.78, 5) is 11.3. The monoisotopic (exact) mass is 234 g/mol. The number of aromatic nitrogens is 2. The Hall–Kier alpha value is -2.17. The molecule has 17 heavy (non-hydrogen) atoms. The van der Waals surface area contributed by atoms with Crippen LogP contribution in [0.1, 0.15) is 17.2 Å². The maximum atomic E-state index is 13.1. The van der Waals surface area contributed by atoms with Gasteiger partial charge in [0.05, 0.1) is 5.69 Å². The minimum absolute atomic E-state index is 0.404. The molecule has 0 bridgehead atoms. The smallest absolute Gasteiger partial charge is 0.317 e. The third-order valence-electron chi connectivity index (χ3n) is 2.58. The SMILES string of the molecule is Cn1nccc1C(C(=O)O)c1cccc(F)c1. The molecule has 5 heteroatoms. The van der Waals surface area contributed by atoms with Crippen LogP contribution in [0.4, 0.5) is 4.39 Å². The van der Waals surface area contributed by atoms with Crippen LogP contribution in [0.25, 0.3) is 0 Å². The van der Waals surface area contributed by atoms with Crippen molar-refractivity contribution in [1.82, 2.24) is 9.78 Å². The number of carbonyl (C=O) groups is 1. The van der Waals surface area contributed by atoms with Gasteiger partial charge < -0.3 is 5.11 Å². The van der Waals surface area contributed by atoms with Crippen molar-refractivity contribution in [1.29, 1.82) is 0 Å². The first kappa shape index (κ1) is 11.3. The molecule has 0 saturated heterocycles. The molecule has 0 radical (unpaired) electrons. The van der Waals surface area contributed by atoms with E-state index >= 15 is 0 Å². The number of nitrogens with zero attached hydrogens (tertiary/aromatic N) is 2. The van der Waals surface area contributed by atoms with Crippen molar-refractivity contribution >= 4 is 5.97 Å². The summed E-state index contributed by atoms with van der Waals surface area (Å²) in [5.41, 5.74) is 0.921. The van der Waals surface area contributed by atoms with Gasteiger partial charge in [-0.05, 0) is 23.8 Å². The largest absolute Gasteiger partial charge is 0.480 e. The van der Waals surface area contributed by atoms with Crippen LogP contribution in [-0.2, 0) is 11.8 Å². The number of hydrogen-bond acceptors (Lipinski definition) is 2. The van der Waals surface area contributed by atoms with Crippen LogP contribution in [0, 0.1) is 5.82 Å². The molecule has 88 valence electrons. The summed E-state index contributed by atoms with van der Waals surface area (Å²) in [6, 6.07) is 7.22. The molecule has 1 aromatic carbocycles. The molecule has 1 heterocycles. The fourth-order valence-electron chi connectivity index (χ4n) is 1.79. The lowest BCUT2D eigenvalue weighted by atomic mass is 9.96. The Morgan fingerprint density at radius 2 is 2.24 bits per heavy atom. The van der Waals surface area contributed by atoms with Crippen LogP contribution < -0.4 is 0 Å².